The number of benzene rings is 7. The summed E-state index contributed by atoms with van der Waals surface area (Å²) < 4.78 is 29.3. The Morgan fingerprint density at radius 3 is 1.74 bits per heavy atom. The summed E-state index contributed by atoms with van der Waals surface area (Å²) in [6.07, 6.45) is 10.8. The molecule has 31 nitrogen and oxygen atoms in total. The van der Waals surface area contributed by atoms with Crippen LogP contribution in [-0.4, -0.2) is 162 Å². The highest BCUT2D eigenvalue weighted by molar-refractivity contribution is 6.10. The second-order valence-electron chi connectivity index (χ2n) is 29.8. The molecule has 9 amide bonds. The number of para-hydroxylation sites is 1. The van der Waals surface area contributed by atoms with Gasteiger partial charge in [-0.15, -0.1) is 0 Å². The van der Waals surface area contributed by atoms with Crippen LogP contribution in [0.2, 0.25) is 0 Å². The zero-order chi connectivity index (χ0) is 85.8. The minimum absolute atomic E-state index is 0.0260. The molecule has 5 aliphatic rings. The molecular formula is C91H91N17O14. The van der Waals surface area contributed by atoms with Gasteiger partial charge in [0.05, 0.1) is 91.6 Å². The molecule has 0 bridgehead atoms. The molecule has 2 atom stereocenters. The zero-order valence-electron chi connectivity index (χ0n) is 68.7. The Bertz CT molecular complexity index is 5900. The van der Waals surface area contributed by atoms with E-state index in [9.17, 15) is 43.2 Å². The first-order valence-electron chi connectivity index (χ1n) is 39.9. The lowest BCUT2D eigenvalue weighted by Crippen LogP contribution is -2.52. The SMILES string of the molecule is C=C1c2[nH]ncc2C(c2cc(C)c(CCCC(=O)NCCCOc3c(C)cc(N=Nc4cccc5c4CN(C4CCC(=O)NC4=O)C5=O)cc3OC)c(OC)c2)=CN1C.CNC(=O)c1cnc2ccc(-c3ccc(C(=O)NCCCOc4c(C)cc(N=Nc5cccc6c5CN(C5CCC(=O)NC5=O)C6=O)cc4OC)nc3)cc2c1Nc1ccccc1. The maximum absolute atomic E-state index is 13.2. The number of anilines is 2. The second-order valence-corrected chi connectivity index (χ2v) is 29.8. The van der Waals surface area contributed by atoms with Crippen molar-refractivity contribution in [1.82, 2.24) is 61.4 Å². The molecule has 0 radical (unpaired) electrons. The molecule has 31 heteroatoms. The summed E-state index contributed by atoms with van der Waals surface area (Å²) in [7, 11) is 8.29. The topological polar surface area (TPSA) is 386 Å². The fraction of sp³-hybridized carbons (Fsp3) is 0.275. The largest absolute Gasteiger partial charge is 0.496 e. The summed E-state index contributed by atoms with van der Waals surface area (Å²) in [6, 6.07) is 39.0. The average molecular weight is 1650 g/mol. The van der Waals surface area contributed by atoms with Crippen LogP contribution < -0.4 is 55.6 Å². The van der Waals surface area contributed by atoms with Crippen molar-refractivity contribution >= 4 is 109 Å². The van der Waals surface area contributed by atoms with E-state index in [0.717, 1.165) is 78.3 Å². The number of azo groups is 2. The standard InChI is InChI=1S/C47H43N9O7.C44H48N8O7/c1-27-21-31(54-55-37-12-7-11-32-35(37)26-56(47(32)61)39-17-18-41(57)53-46(39)60)23-40(62-3)43(27)63-20-8-19-49-45(59)38-16-14-29(24-50-38)28-13-15-36-33(22-28)42(34(25-51-36)44(58)48-2)52-30-9-5-4-6-10-30;1-25-18-28(33-23-51(4)27(3)41-32(33)22-46-50-41)20-37(57-5)30(25)10-8-13-39(53)45-16-9-17-59-42-26(2)19-29(21-38(42)58-6)48-49-35-12-7-11-31-34(35)24-52(44(31)56)36-14-15-40(54)47-43(36)55/h4-7,9-16,21-25,39H,8,17-20,26H2,1-3H3,(H,48,58)(H,49,59)(H,51,52)(H,53,57,60);7,11-12,18-23,36H,3,8-10,13-17,24H2,1-2,4-6H3,(H,45,53)(H,46,50)(H,47,54,55). The summed E-state index contributed by atoms with van der Waals surface area (Å²) in [5.41, 5.74) is 17.2. The van der Waals surface area contributed by atoms with Crippen LogP contribution >= 0.6 is 0 Å². The van der Waals surface area contributed by atoms with Gasteiger partial charge >= 0.3 is 0 Å². The van der Waals surface area contributed by atoms with Gasteiger partial charge in [-0.25, -0.2) is 0 Å². The number of aryl methyl sites for hydroxylation is 3. The summed E-state index contributed by atoms with van der Waals surface area (Å²) in [5, 5.41) is 42.5. The Labute approximate surface area is 702 Å². The molecule has 3 aromatic heterocycles. The first-order chi connectivity index (χ1) is 59.1. The van der Waals surface area contributed by atoms with Crippen molar-refractivity contribution in [3.8, 4) is 39.9 Å². The lowest BCUT2D eigenvalue weighted by molar-refractivity contribution is -0.138. The molecule has 5 aliphatic heterocycles. The van der Waals surface area contributed by atoms with E-state index in [1.54, 1.807) is 94.3 Å². The summed E-state index contributed by atoms with van der Waals surface area (Å²) in [6.45, 7) is 11.8. The summed E-state index contributed by atoms with van der Waals surface area (Å²) in [5.74, 6) is 0.0248. The van der Waals surface area contributed by atoms with Crippen molar-refractivity contribution in [2.75, 3.05) is 67.0 Å². The molecular weight excluding hydrogens is 1560 g/mol. The third-order valence-corrected chi connectivity index (χ3v) is 21.8. The van der Waals surface area contributed by atoms with E-state index in [4.69, 9.17) is 23.7 Å². The number of amides is 9. The van der Waals surface area contributed by atoms with E-state index in [-0.39, 0.29) is 92.4 Å². The van der Waals surface area contributed by atoms with Crippen LogP contribution in [0.15, 0.2) is 185 Å². The Morgan fingerprint density at radius 2 is 1.17 bits per heavy atom. The highest BCUT2D eigenvalue weighted by atomic mass is 16.5. The minimum Gasteiger partial charge on any atom is -0.496 e. The van der Waals surface area contributed by atoms with Gasteiger partial charge in [-0.2, -0.15) is 25.6 Å². The first kappa shape index (κ1) is 83.7. The predicted octanol–water partition coefficient (Wildman–Crippen LogP) is 13.5. The van der Waals surface area contributed by atoms with E-state index in [0.29, 0.717) is 137 Å². The van der Waals surface area contributed by atoms with Crippen molar-refractivity contribution < 1.29 is 66.8 Å². The zero-order valence-corrected chi connectivity index (χ0v) is 68.7. The van der Waals surface area contributed by atoms with E-state index < -0.39 is 23.9 Å². The number of ether oxygens (including phenoxy) is 5. The second kappa shape index (κ2) is 37.4. The van der Waals surface area contributed by atoms with Crippen LogP contribution in [0.4, 0.5) is 34.1 Å². The number of aromatic amines is 1. The van der Waals surface area contributed by atoms with Crippen LogP contribution in [-0.2, 0) is 43.5 Å². The van der Waals surface area contributed by atoms with Crippen LogP contribution in [0, 0.1) is 20.8 Å². The number of methoxy groups -OCH3 is 3. The Balaban J connectivity index is 0.000000200. The van der Waals surface area contributed by atoms with Crippen molar-refractivity contribution in [2.24, 2.45) is 20.5 Å². The third kappa shape index (κ3) is 18.4. The number of aromatic nitrogens is 4. The van der Waals surface area contributed by atoms with Crippen molar-refractivity contribution in [3.63, 3.8) is 0 Å². The van der Waals surface area contributed by atoms with Gasteiger partial charge in [0.1, 0.15) is 23.5 Å². The number of hydrogen-bond acceptors (Lipinski definition) is 23. The molecule has 15 rings (SSSR count). The smallest absolute Gasteiger partial charge is 0.269 e. The fourth-order valence-electron chi connectivity index (χ4n) is 15.4. The van der Waals surface area contributed by atoms with Crippen LogP contribution in [0.1, 0.15) is 143 Å². The molecule has 10 aromatic rings. The first-order valence-corrected chi connectivity index (χ1v) is 39.9. The van der Waals surface area contributed by atoms with Gasteiger partial charge in [0.2, 0.25) is 29.5 Å². The maximum atomic E-state index is 13.2. The molecule has 2 fully saturated rings. The molecule has 7 aromatic carbocycles. The molecule has 8 heterocycles. The third-order valence-electron chi connectivity index (χ3n) is 21.8. The number of nitrogens with zero attached hydrogens (tertiary/aromatic N) is 10. The number of piperidine rings is 2. The Morgan fingerprint density at radius 1 is 0.582 bits per heavy atom. The van der Waals surface area contributed by atoms with Crippen molar-refractivity contribution in [1.29, 1.82) is 0 Å². The normalized spacial score (nSPS) is 15.4. The Kier molecular flexibility index (Phi) is 25.7. The van der Waals surface area contributed by atoms with Crippen LogP contribution in [0.5, 0.6) is 28.7 Å². The molecule has 7 N–H and O–H groups in total. The van der Waals surface area contributed by atoms with E-state index in [1.165, 1.54) is 16.9 Å². The molecule has 122 heavy (non-hydrogen) atoms. The van der Waals surface area contributed by atoms with Gasteiger partial charge in [-0.05, 0) is 165 Å². The molecule has 624 valence electrons. The van der Waals surface area contributed by atoms with Gasteiger partial charge in [0, 0.05) is 140 Å². The number of carbonyl (C=O) groups excluding carboxylic acids is 9. The number of H-pyrrole nitrogens is 1. The van der Waals surface area contributed by atoms with Gasteiger partial charge < -0.3 is 59.7 Å². The van der Waals surface area contributed by atoms with Gasteiger partial charge in [0.15, 0.2) is 23.0 Å². The van der Waals surface area contributed by atoms with Gasteiger partial charge in [-0.3, -0.25) is 68.9 Å². The Hall–Kier alpha value is -14.8. The van der Waals surface area contributed by atoms with Crippen LogP contribution in [0.3, 0.4) is 0 Å². The van der Waals surface area contributed by atoms with E-state index in [1.807, 2.05) is 98.7 Å². The molecule has 0 saturated carbocycles. The fourth-order valence-corrected chi connectivity index (χ4v) is 15.4. The number of nitrogens with one attached hydrogen (secondary N) is 7. The van der Waals surface area contributed by atoms with E-state index in [2.05, 4.69) is 98.3 Å². The van der Waals surface area contributed by atoms with Crippen molar-refractivity contribution in [3.05, 3.63) is 237 Å². The predicted molar refractivity (Wildman–Crippen MR) is 456 cm³/mol. The summed E-state index contributed by atoms with van der Waals surface area (Å²) >= 11 is 0. The molecule has 2 saturated heterocycles. The highest BCUT2D eigenvalue weighted by Gasteiger charge is 2.42. The number of hydrogen-bond donors (Lipinski definition) is 7. The summed E-state index contributed by atoms with van der Waals surface area (Å²) in [4.78, 5) is 127. The minimum atomic E-state index is -0.730. The highest BCUT2D eigenvalue weighted by Crippen LogP contribution is 2.43. The molecule has 0 spiro atoms. The number of imide groups is 2. The average Bonchev–Trinajstić information content (AvgIpc) is 1.45. The number of pyridine rings is 2. The van der Waals surface area contributed by atoms with E-state index >= 15 is 0 Å². The quantitative estimate of drug-likeness (QED) is 0.0130. The van der Waals surface area contributed by atoms with Gasteiger partial charge in [0.25, 0.3) is 23.6 Å². The maximum Gasteiger partial charge on any atom is 0.269 e. The number of carbonyl (C=O) groups is 9. The molecule has 2 unspecified atom stereocenters. The van der Waals surface area contributed by atoms with Crippen LogP contribution in [0.25, 0.3) is 33.3 Å². The number of fused-ring (bicyclic) bond motifs is 4. The lowest BCUT2D eigenvalue weighted by Gasteiger charge is -2.29. The molecule has 0 aliphatic carbocycles. The van der Waals surface area contributed by atoms with Crippen molar-refractivity contribution in [2.45, 2.75) is 104 Å². The monoisotopic (exact) mass is 1650 g/mol. The van der Waals surface area contributed by atoms with Gasteiger partial charge in [-0.1, -0.05) is 55.1 Å². The lowest BCUT2D eigenvalue weighted by atomic mass is 9.91. The number of rotatable bonds is 29.